The number of hydrogen-bond acceptors (Lipinski definition) is 3. The Bertz CT molecular complexity index is 456. The van der Waals surface area contributed by atoms with Gasteiger partial charge in [0, 0.05) is 26.7 Å². The number of carbonyl (C=O) groups is 1. The van der Waals surface area contributed by atoms with Crippen molar-refractivity contribution < 1.29 is 9.53 Å². The molecule has 0 N–H and O–H groups in total. The zero-order chi connectivity index (χ0) is 16.5. The van der Waals surface area contributed by atoms with Gasteiger partial charge in [-0.05, 0) is 44.2 Å². The number of benzene rings is 1. The first kappa shape index (κ1) is 18.0. The Labute approximate surface area is 140 Å². The molecular weight excluding hydrogens is 288 g/mol. The minimum absolute atomic E-state index is 0.255. The van der Waals surface area contributed by atoms with E-state index in [9.17, 15) is 4.79 Å². The molecule has 1 saturated heterocycles. The van der Waals surface area contributed by atoms with E-state index in [1.807, 2.05) is 16.8 Å². The molecule has 23 heavy (non-hydrogen) atoms. The fourth-order valence-corrected chi connectivity index (χ4v) is 3.14. The molecule has 1 aromatic carbocycles. The molecule has 128 valence electrons. The quantitative estimate of drug-likeness (QED) is 0.738. The van der Waals surface area contributed by atoms with Crippen molar-refractivity contribution in [2.24, 2.45) is 5.92 Å². The lowest BCUT2D eigenvalue weighted by molar-refractivity contribution is -0.133. The van der Waals surface area contributed by atoms with Gasteiger partial charge in [0.25, 0.3) is 0 Å². The van der Waals surface area contributed by atoms with Gasteiger partial charge in [0.15, 0.2) is 0 Å². The molecule has 1 aliphatic heterocycles. The summed E-state index contributed by atoms with van der Waals surface area (Å²) in [5.74, 6) is 1.01. The summed E-state index contributed by atoms with van der Waals surface area (Å²) >= 11 is 0. The number of carbonyl (C=O) groups excluding carboxylic acids is 1. The Hall–Kier alpha value is -1.39. The van der Waals surface area contributed by atoms with E-state index in [0.29, 0.717) is 13.2 Å². The maximum absolute atomic E-state index is 12.3. The number of hydrogen-bond donors (Lipinski definition) is 0. The van der Waals surface area contributed by atoms with Crippen molar-refractivity contribution in [3.8, 4) is 0 Å². The Balaban J connectivity index is 1.66. The topological polar surface area (TPSA) is 32.8 Å². The molecule has 1 fully saturated rings. The number of rotatable bonds is 8. The summed E-state index contributed by atoms with van der Waals surface area (Å²) in [6.45, 7) is 3.80. The van der Waals surface area contributed by atoms with Gasteiger partial charge in [-0.3, -0.25) is 9.69 Å². The van der Waals surface area contributed by atoms with Crippen LogP contribution in [0.4, 0.5) is 0 Å². The highest BCUT2D eigenvalue weighted by molar-refractivity contribution is 5.78. The Morgan fingerprint density at radius 2 is 1.96 bits per heavy atom. The van der Waals surface area contributed by atoms with Crippen molar-refractivity contribution in [3.63, 3.8) is 0 Å². The van der Waals surface area contributed by atoms with E-state index < -0.39 is 0 Å². The molecular formula is C19H30N2O2. The number of methoxy groups -OCH3 is 1. The van der Waals surface area contributed by atoms with Crippen LogP contribution in [0, 0.1) is 5.92 Å². The van der Waals surface area contributed by atoms with E-state index in [2.05, 4.69) is 30.3 Å². The number of ether oxygens (including phenoxy) is 1. The molecule has 0 aliphatic carbocycles. The van der Waals surface area contributed by atoms with Crippen LogP contribution in [0.2, 0.25) is 0 Å². The van der Waals surface area contributed by atoms with Crippen LogP contribution in [-0.2, 0) is 16.0 Å². The maximum Gasteiger partial charge on any atom is 0.236 e. The number of likely N-dealkylation sites (N-methyl/N-ethyl adjacent to an activating group) is 1. The average Bonchev–Trinajstić information content (AvgIpc) is 2.59. The molecule has 0 bridgehead atoms. The minimum atomic E-state index is 0.255. The maximum atomic E-state index is 12.3. The van der Waals surface area contributed by atoms with Crippen LogP contribution in [-0.4, -0.2) is 62.7 Å². The summed E-state index contributed by atoms with van der Waals surface area (Å²) in [5, 5.41) is 0. The fraction of sp³-hybridized carbons (Fsp3) is 0.632. The molecule has 0 spiro atoms. The SMILES string of the molecule is COCCN(C)CC(=O)N1CCC(CCc2ccccc2)CC1. The van der Waals surface area contributed by atoms with Gasteiger partial charge >= 0.3 is 0 Å². The van der Waals surface area contributed by atoms with Gasteiger partial charge in [0.2, 0.25) is 5.91 Å². The van der Waals surface area contributed by atoms with Gasteiger partial charge < -0.3 is 9.64 Å². The molecule has 0 unspecified atom stereocenters. The standard InChI is InChI=1S/C19H30N2O2/c1-20(14-15-23-2)16-19(22)21-12-10-18(11-13-21)9-8-17-6-4-3-5-7-17/h3-7,18H,8-16H2,1-2H3. The van der Waals surface area contributed by atoms with Crippen LogP contribution >= 0.6 is 0 Å². The summed E-state index contributed by atoms with van der Waals surface area (Å²) in [6, 6.07) is 10.7. The summed E-state index contributed by atoms with van der Waals surface area (Å²) < 4.78 is 5.05. The van der Waals surface area contributed by atoms with Gasteiger partial charge in [-0.2, -0.15) is 0 Å². The molecule has 4 nitrogen and oxygen atoms in total. The third-order valence-electron chi connectivity index (χ3n) is 4.73. The molecule has 0 radical (unpaired) electrons. The second-order valence-electron chi connectivity index (χ2n) is 6.58. The molecule has 0 atom stereocenters. The normalized spacial score (nSPS) is 16.0. The second-order valence-corrected chi connectivity index (χ2v) is 6.58. The highest BCUT2D eigenvalue weighted by atomic mass is 16.5. The van der Waals surface area contributed by atoms with Crippen molar-refractivity contribution in [1.29, 1.82) is 0 Å². The summed E-state index contributed by atoms with van der Waals surface area (Å²) in [4.78, 5) is 16.4. The van der Waals surface area contributed by atoms with Crippen LogP contribution in [0.15, 0.2) is 30.3 Å². The van der Waals surface area contributed by atoms with E-state index >= 15 is 0 Å². The molecule has 4 heteroatoms. The lowest BCUT2D eigenvalue weighted by atomic mass is 9.90. The van der Waals surface area contributed by atoms with Crippen LogP contribution in [0.5, 0.6) is 0 Å². The third kappa shape index (κ3) is 6.32. The van der Waals surface area contributed by atoms with Crippen molar-refractivity contribution in [2.45, 2.75) is 25.7 Å². The average molecular weight is 318 g/mol. The third-order valence-corrected chi connectivity index (χ3v) is 4.73. The van der Waals surface area contributed by atoms with E-state index in [4.69, 9.17) is 4.74 Å². The molecule has 1 aliphatic rings. The van der Waals surface area contributed by atoms with Crippen molar-refractivity contribution in [1.82, 2.24) is 9.80 Å². The molecule has 0 saturated carbocycles. The number of amides is 1. The minimum Gasteiger partial charge on any atom is -0.383 e. The monoisotopic (exact) mass is 318 g/mol. The Morgan fingerprint density at radius 1 is 1.26 bits per heavy atom. The zero-order valence-corrected chi connectivity index (χ0v) is 14.5. The lowest BCUT2D eigenvalue weighted by Gasteiger charge is -2.33. The van der Waals surface area contributed by atoms with Crippen LogP contribution < -0.4 is 0 Å². The zero-order valence-electron chi connectivity index (χ0n) is 14.5. The summed E-state index contributed by atoms with van der Waals surface area (Å²) in [7, 11) is 3.67. The number of nitrogens with zero attached hydrogens (tertiary/aromatic N) is 2. The van der Waals surface area contributed by atoms with Gasteiger partial charge in [0.05, 0.1) is 13.2 Å². The van der Waals surface area contributed by atoms with Gasteiger partial charge in [0.1, 0.15) is 0 Å². The van der Waals surface area contributed by atoms with Gasteiger partial charge in [-0.15, -0.1) is 0 Å². The predicted octanol–water partition coefficient (Wildman–Crippen LogP) is 2.44. The summed E-state index contributed by atoms with van der Waals surface area (Å²) in [5.41, 5.74) is 1.42. The Kier molecular flexibility index (Phi) is 7.56. The smallest absolute Gasteiger partial charge is 0.236 e. The first-order chi connectivity index (χ1) is 11.2. The first-order valence-corrected chi connectivity index (χ1v) is 8.68. The van der Waals surface area contributed by atoms with E-state index in [-0.39, 0.29) is 5.91 Å². The number of aryl methyl sites for hydroxylation is 1. The largest absolute Gasteiger partial charge is 0.383 e. The molecule has 1 heterocycles. The van der Waals surface area contributed by atoms with Crippen molar-refractivity contribution in [2.75, 3.05) is 46.9 Å². The fourth-order valence-electron chi connectivity index (χ4n) is 3.14. The van der Waals surface area contributed by atoms with Gasteiger partial charge in [-0.1, -0.05) is 30.3 Å². The van der Waals surface area contributed by atoms with Crippen LogP contribution in [0.3, 0.4) is 0 Å². The molecule has 1 aromatic rings. The molecule has 1 amide bonds. The van der Waals surface area contributed by atoms with E-state index in [0.717, 1.165) is 44.8 Å². The number of likely N-dealkylation sites (tertiary alicyclic amines) is 1. The van der Waals surface area contributed by atoms with Crippen LogP contribution in [0.1, 0.15) is 24.8 Å². The number of piperidine rings is 1. The first-order valence-electron chi connectivity index (χ1n) is 8.68. The predicted molar refractivity (Wildman–Crippen MR) is 93.4 cm³/mol. The molecule has 0 aromatic heterocycles. The van der Waals surface area contributed by atoms with Crippen LogP contribution in [0.25, 0.3) is 0 Å². The highest BCUT2D eigenvalue weighted by Crippen LogP contribution is 2.22. The molecule has 2 rings (SSSR count). The van der Waals surface area contributed by atoms with E-state index in [1.54, 1.807) is 7.11 Å². The lowest BCUT2D eigenvalue weighted by Crippen LogP contribution is -2.43. The summed E-state index contributed by atoms with van der Waals surface area (Å²) in [6.07, 6.45) is 4.67. The highest BCUT2D eigenvalue weighted by Gasteiger charge is 2.23. The van der Waals surface area contributed by atoms with Crippen molar-refractivity contribution >= 4 is 5.91 Å². The van der Waals surface area contributed by atoms with Gasteiger partial charge in [-0.25, -0.2) is 0 Å². The van der Waals surface area contributed by atoms with E-state index in [1.165, 1.54) is 12.0 Å². The Morgan fingerprint density at radius 3 is 2.61 bits per heavy atom. The van der Waals surface area contributed by atoms with Crippen molar-refractivity contribution in [3.05, 3.63) is 35.9 Å². The second kappa shape index (κ2) is 9.68.